The molecule has 0 saturated carbocycles. The first-order valence-corrected chi connectivity index (χ1v) is 8.66. The second-order valence-electron chi connectivity index (χ2n) is 5.95. The molecular formula is C20H17N3O5. The number of nitrogens with zero attached hydrogens (tertiary/aromatic N) is 2. The van der Waals surface area contributed by atoms with E-state index in [1.807, 2.05) is 6.07 Å². The first-order valence-electron chi connectivity index (χ1n) is 8.66. The number of anilines is 1. The molecule has 2 aromatic heterocycles. The largest absolute Gasteiger partial charge is 0.417 e. The smallest absolute Gasteiger partial charge is 0.410 e. The number of ether oxygens (including phenoxy) is 3. The van der Waals surface area contributed by atoms with Gasteiger partial charge in [0, 0.05) is 18.0 Å². The fraction of sp³-hybridized carbons (Fsp3) is 0.150. The van der Waals surface area contributed by atoms with Crippen LogP contribution in [0.1, 0.15) is 11.9 Å². The number of hydrogen-bond donors (Lipinski definition) is 1. The van der Waals surface area contributed by atoms with Gasteiger partial charge in [0.1, 0.15) is 17.3 Å². The summed E-state index contributed by atoms with van der Waals surface area (Å²) in [6.45, 7) is 1.08. The Morgan fingerprint density at radius 1 is 1.07 bits per heavy atom. The van der Waals surface area contributed by atoms with Crippen LogP contribution in [-0.4, -0.2) is 28.9 Å². The highest BCUT2D eigenvalue weighted by atomic mass is 16.7. The minimum Gasteiger partial charge on any atom is -0.410 e. The number of carbonyl (C=O) groups is 1. The molecule has 4 rings (SSSR count). The molecule has 1 aliphatic rings. The highest BCUT2D eigenvalue weighted by molar-refractivity contribution is 5.86. The number of para-hydroxylation sites is 1. The van der Waals surface area contributed by atoms with Crippen molar-refractivity contribution in [1.29, 1.82) is 0 Å². The molecule has 0 radical (unpaired) electrons. The quantitative estimate of drug-likeness (QED) is 0.749. The summed E-state index contributed by atoms with van der Waals surface area (Å²) in [6.07, 6.45) is 1.99. The normalized spacial score (nSPS) is 14.0. The summed E-state index contributed by atoms with van der Waals surface area (Å²) in [5, 5.41) is 2.46. The maximum absolute atomic E-state index is 12.7. The van der Waals surface area contributed by atoms with E-state index in [0.717, 1.165) is 5.56 Å². The molecule has 8 nitrogen and oxygen atoms in total. The highest BCUT2D eigenvalue weighted by Crippen LogP contribution is 2.22. The Morgan fingerprint density at radius 3 is 2.57 bits per heavy atom. The van der Waals surface area contributed by atoms with E-state index in [0.29, 0.717) is 24.8 Å². The van der Waals surface area contributed by atoms with E-state index in [1.54, 1.807) is 54.9 Å². The fourth-order valence-electron chi connectivity index (χ4n) is 2.73. The first-order chi connectivity index (χ1) is 13.7. The van der Waals surface area contributed by atoms with Crippen LogP contribution in [0.5, 0.6) is 5.75 Å². The van der Waals surface area contributed by atoms with Gasteiger partial charge in [0.25, 0.3) is 5.56 Å². The summed E-state index contributed by atoms with van der Waals surface area (Å²) in [4.78, 5) is 29.1. The van der Waals surface area contributed by atoms with Crippen molar-refractivity contribution in [2.24, 2.45) is 0 Å². The van der Waals surface area contributed by atoms with Gasteiger partial charge in [0.15, 0.2) is 6.29 Å². The molecule has 3 heterocycles. The van der Waals surface area contributed by atoms with Crippen molar-refractivity contribution in [3.05, 3.63) is 82.9 Å². The van der Waals surface area contributed by atoms with Crippen LogP contribution in [0.4, 0.5) is 10.5 Å². The predicted molar refractivity (Wildman–Crippen MR) is 101 cm³/mol. The molecule has 3 aromatic rings. The monoisotopic (exact) mass is 379 g/mol. The molecule has 1 fully saturated rings. The SMILES string of the molecule is O=C(Nc1cccn(-c2ccc(C3OCCO3)cn2)c1=O)Oc1ccccc1. The average Bonchev–Trinajstić information content (AvgIpc) is 3.25. The molecule has 1 saturated heterocycles. The Balaban J connectivity index is 1.51. The van der Waals surface area contributed by atoms with Gasteiger partial charge in [-0.1, -0.05) is 18.2 Å². The van der Waals surface area contributed by atoms with Gasteiger partial charge in [0.2, 0.25) is 0 Å². The molecule has 0 unspecified atom stereocenters. The third kappa shape index (κ3) is 3.93. The van der Waals surface area contributed by atoms with Crippen LogP contribution in [0.3, 0.4) is 0 Å². The Morgan fingerprint density at radius 2 is 1.86 bits per heavy atom. The van der Waals surface area contributed by atoms with Gasteiger partial charge in [-0.05, 0) is 36.4 Å². The molecule has 1 aliphatic heterocycles. The zero-order chi connectivity index (χ0) is 19.3. The van der Waals surface area contributed by atoms with Gasteiger partial charge < -0.3 is 14.2 Å². The second kappa shape index (κ2) is 8.03. The maximum atomic E-state index is 12.7. The zero-order valence-corrected chi connectivity index (χ0v) is 14.8. The minimum absolute atomic E-state index is 0.0803. The maximum Gasteiger partial charge on any atom is 0.417 e. The zero-order valence-electron chi connectivity index (χ0n) is 14.8. The lowest BCUT2D eigenvalue weighted by Gasteiger charge is -2.11. The van der Waals surface area contributed by atoms with Gasteiger partial charge in [0.05, 0.1) is 13.2 Å². The predicted octanol–water partition coefficient (Wildman–Crippen LogP) is 2.89. The Labute approximate surface area is 160 Å². The molecule has 1 amide bonds. The molecule has 0 bridgehead atoms. The van der Waals surface area contributed by atoms with Gasteiger partial charge in [-0.3, -0.25) is 14.7 Å². The number of benzene rings is 1. The first kappa shape index (κ1) is 17.9. The number of aromatic nitrogens is 2. The van der Waals surface area contributed by atoms with Crippen LogP contribution in [0.25, 0.3) is 5.82 Å². The van der Waals surface area contributed by atoms with Crippen molar-refractivity contribution < 1.29 is 19.0 Å². The lowest BCUT2D eigenvalue weighted by molar-refractivity contribution is -0.0443. The van der Waals surface area contributed by atoms with Crippen molar-refractivity contribution in [2.75, 3.05) is 18.5 Å². The van der Waals surface area contributed by atoms with Crippen molar-refractivity contribution in [3.8, 4) is 11.6 Å². The van der Waals surface area contributed by atoms with Crippen LogP contribution in [-0.2, 0) is 9.47 Å². The van der Waals surface area contributed by atoms with E-state index in [2.05, 4.69) is 10.3 Å². The molecule has 1 N–H and O–H groups in total. The lowest BCUT2D eigenvalue weighted by atomic mass is 10.2. The van der Waals surface area contributed by atoms with Crippen LogP contribution in [0.2, 0.25) is 0 Å². The molecule has 8 heteroatoms. The molecule has 142 valence electrons. The van der Waals surface area contributed by atoms with Crippen molar-refractivity contribution in [3.63, 3.8) is 0 Å². The molecule has 0 atom stereocenters. The van der Waals surface area contributed by atoms with Crippen LogP contribution < -0.4 is 15.6 Å². The number of hydrogen-bond acceptors (Lipinski definition) is 6. The summed E-state index contributed by atoms with van der Waals surface area (Å²) in [6, 6.07) is 15.2. The third-order valence-electron chi connectivity index (χ3n) is 4.05. The van der Waals surface area contributed by atoms with Crippen molar-refractivity contribution in [2.45, 2.75) is 6.29 Å². The fourth-order valence-corrected chi connectivity index (χ4v) is 2.73. The Hall–Kier alpha value is -3.49. The Kier molecular flexibility index (Phi) is 5.14. The van der Waals surface area contributed by atoms with Crippen LogP contribution in [0.15, 0.2) is 71.8 Å². The van der Waals surface area contributed by atoms with Gasteiger partial charge in [-0.2, -0.15) is 0 Å². The average molecular weight is 379 g/mol. The third-order valence-corrected chi connectivity index (χ3v) is 4.05. The van der Waals surface area contributed by atoms with Gasteiger partial charge >= 0.3 is 6.09 Å². The van der Waals surface area contributed by atoms with Crippen LogP contribution in [0, 0.1) is 0 Å². The molecular weight excluding hydrogens is 362 g/mol. The van der Waals surface area contributed by atoms with E-state index in [-0.39, 0.29) is 5.69 Å². The van der Waals surface area contributed by atoms with E-state index < -0.39 is 17.9 Å². The number of rotatable bonds is 4. The highest BCUT2D eigenvalue weighted by Gasteiger charge is 2.18. The Bertz CT molecular complexity index is 1010. The van der Waals surface area contributed by atoms with Crippen molar-refractivity contribution >= 4 is 11.8 Å². The lowest BCUT2D eigenvalue weighted by Crippen LogP contribution is -2.26. The molecule has 0 aliphatic carbocycles. The number of amides is 1. The van der Waals surface area contributed by atoms with Crippen LogP contribution >= 0.6 is 0 Å². The molecule has 28 heavy (non-hydrogen) atoms. The van der Waals surface area contributed by atoms with E-state index >= 15 is 0 Å². The van der Waals surface area contributed by atoms with Gasteiger partial charge in [-0.15, -0.1) is 0 Å². The minimum atomic E-state index is -0.750. The summed E-state index contributed by atoms with van der Waals surface area (Å²) >= 11 is 0. The summed E-state index contributed by atoms with van der Waals surface area (Å²) in [7, 11) is 0. The number of pyridine rings is 2. The number of nitrogens with one attached hydrogen (secondary N) is 1. The summed E-state index contributed by atoms with van der Waals surface area (Å²) in [5.74, 6) is 0.789. The summed E-state index contributed by atoms with van der Waals surface area (Å²) < 4.78 is 17.3. The standard InChI is InChI=1S/C20H17N3O5/c24-18-16(22-20(25)28-15-5-2-1-3-6-15)7-4-10-23(18)17-9-8-14(13-21-17)19-26-11-12-27-19/h1-10,13,19H,11-12H2,(H,22,25). The summed E-state index contributed by atoms with van der Waals surface area (Å²) in [5.41, 5.74) is 0.424. The van der Waals surface area contributed by atoms with Crippen molar-refractivity contribution in [1.82, 2.24) is 9.55 Å². The van der Waals surface area contributed by atoms with E-state index in [4.69, 9.17) is 14.2 Å². The molecule has 1 aromatic carbocycles. The van der Waals surface area contributed by atoms with Gasteiger partial charge in [-0.25, -0.2) is 9.78 Å². The van der Waals surface area contributed by atoms with E-state index in [1.165, 1.54) is 10.6 Å². The van der Waals surface area contributed by atoms with E-state index in [9.17, 15) is 9.59 Å². The second-order valence-corrected chi connectivity index (χ2v) is 5.95. The topological polar surface area (TPSA) is 91.7 Å². The number of carbonyl (C=O) groups excluding carboxylic acids is 1. The molecule has 0 spiro atoms.